The van der Waals surface area contributed by atoms with E-state index in [1.807, 2.05) is 61.5 Å². The van der Waals surface area contributed by atoms with Crippen LogP contribution < -0.4 is 10.5 Å². The molecule has 1 atom stereocenters. The average molecular weight is 264 g/mol. The van der Waals surface area contributed by atoms with Gasteiger partial charge in [0.25, 0.3) is 0 Å². The minimum absolute atomic E-state index is 0.0360. The van der Waals surface area contributed by atoms with Gasteiger partial charge < -0.3 is 10.5 Å². The van der Waals surface area contributed by atoms with Gasteiger partial charge in [0.2, 0.25) is 0 Å². The topological polar surface area (TPSA) is 48.1 Å². The van der Waals surface area contributed by atoms with Crippen LogP contribution in [0.2, 0.25) is 0 Å². The summed E-state index contributed by atoms with van der Waals surface area (Å²) in [5, 5.41) is 1.10. The summed E-state index contributed by atoms with van der Waals surface area (Å²) in [4.78, 5) is 4.32. The van der Waals surface area contributed by atoms with Crippen molar-refractivity contribution < 1.29 is 4.74 Å². The van der Waals surface area contributed by atoms with Crippen molar-refractivity contribution in [2.24, 2.45) is 5.73 Å². The fourth-order valence-corrected chi connectivity index (χ4v) is 2.09. The lowest BCUT2D eigenvalue weighted by Crippen LogP contribution is -2.04. The Hall–Kier alpha value is -2.39. The van der Waals surface area contributed by atoms with Crippen LogP contribution in [0.25, 0.3) is 10.9 Å². The highest BCUT2D eigenvalue weighted by atomic mass is 16.5. The third-order valence-corrected chi connectivity index (χ3v) is 3.22. The minimum Gasteiger partial charge on any atom is -0.457 e. The summed E-state index contributed by atoms with van der Waals surface area (Å²) >= 11 is 0. The Kier molecular flexibility index (Phi) is 3.35. The molecule has 0 aliphatic heterocycles. The molecule has 3 heteroatoms. The minimum atomic E-state index is 0.0360. The highest BCUT2D eigenvalue weighted by molar-refractivity contribution is 5.79. The Morgan fingerprint density at radius 3 is 2.50 bits per heavy atom. The third kappa shape index (κ3) is 2.63. The van der Waals surface area contributed by atoms with Gasteiger partial charge in [-0.1, -0.05) is 18.2 Å². The van der Waals surface area contributed by atoms with Gasteiger partial charge in [-0.3, -0.25) is 4.98 Å². The smallest absolute Gasteiger partial charge is 0.129 e. The number of pyridine rings is 1. The number of fused-ring (bicyclic) bond motifs is 1. The van der Waals surface area contributed by atoms with Crippen molar-refractivity contribution in [3.63, 3.8) is 0 Å². The van der Waals surface area contributed by atoms with Crippen molar-refractivity contribution in [2.45, 2.75) is 13.0 Å². The molecular formula is C17H16N2O. The highest BCUT2D eigenvalue weighted by Gasteiger charge is 2.02. The summed E-state index contributed by atoms with van der Waals surface area (Å²) in [6.07, 6.45) is 1.78. The SMILES string of the molecule is CC(N)c1ccc(Oc2ccc3cccnc3c2)cc1. The van der Waals surface area contributed by atoms with Crippen molar-refractivity contribution >= 4 is 10.9 Å². The van der Waals surface area contributed by atoms with Crippen molar-refractivity contribution in [3.05, 3.63) is 66.4 Å². The lowest BCUT2D eigenvalue weighted by atomic mass is 10.1. The zero-order valence-corrected chi connectivity index (χ0v) is 11.3. The molecule has 0 aliphatic rings. The summed E-state index contributed by atoms with van der Waals surface area (Å²) in [6, 6.07) is 17.7. The number of nitrogens with zero attached hydrogens (tertiary/aromatic N) is 1. The number of rotatable bonds is 3. The van der Waals surface area contributed by atoms with Crippen LogP contribution in [0.1, 0.15) is 18.5 Å². The Balaban J connectivity index is 1.85. The molecule has 1 heterocycles. The van der Waals surface area contributed by atoms with Gasteiger partial charge in [0.15, 0.2) is 0 Å². The molecule has 1 aromatic heterocycles. The average Bonchev–Trinajstić information content (AvgIpc) is 2.48. The van der Waals surface area contributed by atoms with Crippen LogP contribution in [0, 0.1) is 0 Å². The maximum atomic E-state index is 5.84. The van der Waals surface area contributed by atoms with Crippen LogP contribution in [-0.4, -0.2) is 4.98 Å². The molecule has 0 fully saturated rings. The molecule has 0 aliphatic carbocycles. The Bertz CT molecular complexity index is 720. The highest BCUT2D eigenvalue weighted by Crippen LogP contribution is 2.25. The van der Waals surface area contributed by atoms with E-state index in [-0.39, 0.29) is 6.04 Å². The molecule has 0 bridgehead atoms. The maximum Gasteiger partial charge on any atom is 0.129 e. The van der Waals surface area contributed by atoms with E-state index in [4.69, 9.17) is 10.5 Å². The Morgan fingerprint density at radius 2 is 1.75 bits per heavy atom. The second-order valence-electron chi connectivity index (χ2n) is 4.82. The maximum absolute atomic E-state index is 5.84. The summed E-state index contributed by atoms with van der Waals surface area (Å²) in [6.45, 7) is 1.96. The molecule has 100 valence electrons. The lowest BCUT2D eigenvalue weighted by Gasteiger charge is -2.09. The first-order valence-corrected chi connectivity index (χ1v) is 6.60. The summed E-state index contributed by atoms with van der Waals surface area (Å²) in [7, 11) is 0. The first kappa shape index (κ1) is 12.6. The monoisotopic (exact) mass is 264 g/mol. The molecular weight excluding hydrogens is 248 g/mol. The predicted molar refractivity (Wildman–Crippen MR) is 80.9 cm³/mol. The predicted octanol–water partition coefficient (Wildman–Crippen LogP) is 4.05. The number of hydrogen-bond donors (Lipinski definition) is 1. The molecule has 3 nitrogen and oxygen atoms in total. The molecule has 2 aromatic carbocycles. The number of aromatic nitrogens is 1. The Labute approximate surface area is 118 Å². The first-order chi connectivity index (χ1) is 9.72. The molecule has 0 saturated heterocycles. The molecule has 0 spiro atoms. The molecule has 3 aromatic rings. The second kappa shape index (κ2) is 5.31. The second-order valence-corrected chi connectivity index (χ2v) is 4.82. The zero-order valence-electron chi connectivity index (χ0n) is 11.3. The quantitative estimate of drug-likeness (QED) is 0.776. The summed E-state index contributed by atoms with van der Waals surface area (Å²) < 4.78 is 5.84. The van der Waals surface area contributed by atoms with Crippen LogP contribution in [0.5, 0.6) is 11.5 Å². The van der Waals surface area contributed by atoms with Crippen LogP contribution in [-0.2, 0) is 0 Å². The molecule has 2 N–H and O–H groups in total. The fourth-order valence-electron chi connectivity index (χ4n) is 2.09. The largest absolute Gasteiger partial charge is 0.457 e. The van der Waals surface area contributed by atoms with Crippen molar-refractivity contribution in [3.8, 4) is 11.5 Å². The number of benzene rings is 2. The van der Waals surface area contributed by atoms with Crippen LogP contribution in [0.15, 0.2) is 60.8 Å². The van der Waals surface area contributed by atoms with Crippen molar-refractivity contribution in [1.29, 1.82) is 0 Å². The van der Waals surface area contributed by atoms with Gasteiger partial charge >= 0.3 is 0 Å². The summed E-state index contributed by atoms with van der Waals surface area (Å²) in [5.74, 6) is 1.58. The van der Waals surface area contributed by atoms with E-state index in [0.29, 0.717) is 0 Å². The number of ether oxygens (including phenoxy) is 1. The van der Waals surface area contributed by atoms with Gasteiger partial charge in [0.1, 0.15) is 11.5 Å². The van der Waals surface area contributed by atoms with Crippen LogP contribution in [0.3, 0.4) is 0 Å². The van der Waals surface area contributed by atoms with Gasteiger partial charge in [0.05, 0.1) is 5.52 Å². The van der Waals surface area contributed by atoms with Crippen molar-refractivity contribution in [2.75, 3.05) is 0 Å². The lowest BCUT2D eigenvalue weighted by molar-refractivity contribution is 0.483. The van der Waals surface area contributed by atoms with Gasteiger partial charge in [-0.25, -0.2) is 0 Å². The van der Waals surface area contributed by atoms with Gasteiger partial charge in [-0.05, 0) is 42.8 Å². The van der Waals surface area contributed by atoms with Crippen LogP contribution >= 0.6 is 0 Å². The molecule has 0 radical (unpaired) electrons. The molecule has 20 heavy (non-hydrogen) atoms. The van der Waals surface area contributed by atoms with E-state index in [1.165, 1.54) is 0 Å². The van der Waals surface area contributed by atoms with Crippen molar-refractivity contribution in [1.82, 2.24) is 4.98 Å². The molecule has 3 rings (SSSR count). The van der Waals surface area contributed by atoms with E-state index in [0.717, 1.165) is 28.0 Å². The first-order valence-electron chi connectivity index (χ1n) is 6.60. The molecule has 1 unspecified atom stereocenters. The fraction of sp³-hybridized carbons (Fsp3) is 0.118. The third-order valence-electron chi connectivity index (χ3n) is 3.22. The van der Waals surface area contributed by atoms with E-state index in [2.05, 4.69) is 4.98 Å². The number of nitrogens with two attached hydrogens (primary N) is 1. The standard InChI is InChI=1S/C17H16N2O/c1-12(18)13-4-7-15(8-5-13)20-16-9-6-14-3-2-10-19-17(14)11-16/h2-12H,18H2,1H3. The zero-order chi connectivity index (χ0) is 13.9. The van der Waals surface area contributed by atoms with Crippen LogP contribution in [0.4, 0.5) is 0 Å². The molecule has 0 amide bonds. The molecule has 0 saturated carbocycles. The number of hydrogen-bond acceptors (Lipinski definition) is 3. The summed E-state index contributed by atoms with van der Waals surface area (Å²) in [5.41, 5.74) is 7.85. The van der Waals surface area contributed by atoms with Gasteiger partial charge in [-0.2, -0.15) is 0 Å². The van der Waals surface area contributed by atoms with Gasteiger partial charge in [0, 0.05) is 23.7 Å². The van der Waals surface area contributed by atoms with E-state index < -0.39 is 0 Å². The van der Waals surface area contributed by atoms with Gasteiger partial charge in [-0.15, -0.1) is 0 Å². The van der Waals surface area contributed by atoms with E-state index >= 15 is 0 Å². The van der Waals surface area contributed by atoms with E-state index in [9.17, 15) is 0 Å². The van der Waals surface area contributed by atoms with E-state index in [1.54, 1.807) is 6.20 Å². The normalized spacial score (nSPS) is 12.3. The Morgan fingerprint density at radius 1 is 1.00 bits per heavy atom.